The molecule has 2 aromatic carbocycles. The van der Waals surface area contributed by atoms with Crippen molar-refractivity contribution in [3.63, 3.8) is 0 Å². The van der Waals surface area contributed by atoms with Crippen molar-refractivity contribution in [3.8, 4) is 0 Å². The lowest BCUT2D eigenvalue weighted by molar-refractivity contribution is -0.126. The molecule has 0 aliphatic heterocycles. The third-order valence-corrected chi connectivity index (χ3v) is 4.42. The highest BCUT2D eigenvalue weighted by Gasteiger charge is 2.21. The number of nitrogens with one attached hydrogen (secondary N) is 1. The molecule has 0 spiro atoms. The first-order chi connectivity index (χ1) is 11.7. The number of carbonyl (C=O) groups is 1. The number of halogens is 1. The van der Waals surface area contributed by atoms with Crippen molar-refractivity contribution in [3.05, 3.63) is 70.2 Å². The van der Waals surface area contributed by atoms with Crippen LogP contribution < -0.4 is 5.32 Å². The molecule has 0 fully saturated rings. The first-order valence-corrected chi connectivity index (χ1v) is 8.39. The van der Waals surface area contributed by atoms with Crippen LogP contribution in [0.25, 0.3) is 0 Å². The zero-order valence-electron chi connectivity index (χ0n) is 13.2. The maximum absolute atomic E-state index is 12.1. The van der Waals surface area contributed by atoms with E-state index in [2.05, 4.69) is 22.6 Å². The Kier molecular flexibility index (Phi) is 5.49. The number of fused-ring (bicyclic) bond motifs is 1. The van der Waals surface area contributed by atoms with Crippen LogP contribution in [-0.2, 0) is 16.1 Å². The van der Waals surface area contributed by atoms with Gasteiger partial charge in [-0.1, -0.05) is 59.2 Å². The van der Waals surface area contributed by atoms with Gasteiger partial charge >= 0.3 is 0 Å². The van der Waals surface area contributed by atoms with Crippen LogP contribution in [0.3, 0.4) is 0 Å². The predicted molar refractivity (Wildman–Crippen MR) is 95.3 cm³/mol. The minimum Gasteiger partial charge on any atom is -0.386 e. The molecule has 0 saturated heterocycles. The van der Waals surface area contributed by atoms with Crippen LogP contribution in [0.1, 0.15) is 35.6 Å². The number of oxime groups is 1. The van der Waals surface area contributed by atoms with Crippen molar-refractivity contribution in [1.82, 2.24) is 5.32 Å². The quantitative estimate of drug-likeness (QED) is 0.662. The van der Waals surface area contributed by atoms with E-state index in [0.29, 0.717) is 5.02 Å². The molecule has 1 N–H and O–H groups in total. The van der Waals surface area contributed by atoms with E-state index in [1.807, 2.05) is 30.3 Å². The maximum Gasteiger partial charge on any atom is 0.261 e. The first kappa shape index (κ1) is 16.5. The Morgan fingerprint density at radius 3 is 2.92 bits per heavy atom. The molecule has 0 aromatic heterocycles. The molecule has 0 heterocycles. The van der Waals surface area contributed by atoms with Gasteiger partial charge in [0, 0.05) is 10.6 Å². The minimum atomic E-state index is -0.173. The van der Waals surface area contributed by atoms with Gasteiger partial charge in [-0.3, -0.25) is 4.79 Å². The molecular formula is C19H19ClN2O2. The van der Waals surface area contributed by atoms with Crippen LogP contribution in [0.2, 0.25) is 5.02 Å². The number of benzene rings is 2. The lowest BCUT2D eigenvalue weighted by Gasteiger charge is -2.26. The van der Waals surface area contributed by atoms with E-state index in [4.69, 9.17) is 16.4 Å². The van der Waals surface area contributed by atoms with Crippen molar-refractivity contribution in [2.75, 3.05) is 6.61 Å². The lowest BCUT2D eigenvalue weighted by atomic mass is 9.88. The van der Waals surface area contributed by atoms with Crippen molar-refractivity contribution < 1.29 is 9.63 Å². The predicted octanol–water partition coefficient (Wildman–Crippen LogP) is 3.88. The number of nitrogens with zero attached hydrogens (tertiary/aromatic N) is 1. The molecular weight excluding hydrogens is 324 g/mol. The Bertz CT molecular complexity index is 746. The summed E-state index contributed by atoms with van der Waals surface area (Å²) in [5.41, 5.74) is 3.27. The number of hydrogen-bond donors (Lipinski definition) is 1. The van der Waals surface area contributed by atoms with Crippen molar-refractivity contribution >= 4 is 23.7 Å². The van der Waals surface area contributed by atoms with Gasteiger partial charge in [0.1, 0.15) is 0 Å². The van der Waals surface area contributed by atoms with Gasteiger partial charge in [0.15, 0.2) is 6.61 Å². The van der Waals surface area contributed by atoms with Gasteiger partial charge in [-0.05, 0) is 36.5 Å². The van der Waals surface area contributed by atoms with E-state index in [-0.39, 0.29) is 18.6 Å². The number of carbonyl (C=O) groups excluding carboxylic acids is 1. The summed E-state index contributed by atoms with van der Waals surface area (Å²) in [6, 6.07) is 15.6. The molecule has 1 aliphatic carbocycles. The highest BCUT2D eigenvalue weighted by molar-refractivity contribution is 6.33. The molecule has 0 radical (unpaired) electrons. The Morgan fingerprint density at radius 2 is 2.04 bits per heavy atom. The summed E-state index contributed by atoms with van der Waals surface area (Å²) in [5.74, 6) is -0.173. The summed E-state index contributed by atoms with van der Waals surface area (Å²) in [7, 11) is 0. The van der Waals surface area contributed by atoms with Crippen LogP contribution in [0.4, 0.5) is 0 Å². The van der Waals surface area contributed by atoms with Gasteiger partial charge in [0.25, 0.3) is 5.91 Å². The lowest BCUT2D eigenvalue weighted by Crippen LogP contribution is -2.33. The van der Waals surface area contributed by atoms with Crippen molar-refractivity contribution in [2.45, 2.75) is 25.3 Å². The average molecular weight is 343 g/mol. The fraction of sp³-hybridized carbons (Fsp3) is 0.263. The van der Waals surface area contributed by atoms with E-state index < -0.39 is 0 Å². The molecule has 124 valence electrons. The molecule has 0 saturated carbocycles. The van der Waals surface area contributed by atoms with Gasteiger partial charge in [-0.25, -0.2) is 0 Å². The van der Waals surface area contributed by atoms with Crippen LogP contribution in [0.15, 0.2) is 53.7 Å². The topological polar surface area (TPSA) is 50.7 Å². The second kappa shape index (κ2) is 7.97. The Labute approximate surface area is 146 Å². The maximum atomic E-state index is 12.1. The van der Waals surface area contributed by atoms with Gasteiger partial charge < -0.3 is 10.2 Å². The molecule has 24 heavy (non-hydrogen) atoms. The molecule has 3 rings (SSSR count). The van der Waals surface area contributed by atoms with E-state index in [1.165, 1.54) is 17.3 Å². The standard InChI is InChI=1S/C19H19ClN2O2/c20-17-10-4-2-7-15(17)12-21-24-13-19(23)22-18-11-5-8-14-6-1-3-9-16(14)18/h1-4,6-7,9-10,12,18H,5,8,11,13H2,(H,22,23). The number of amides is 1. The molecule has 1 unspecified atom stereocenters. The summed E-state index contributed by atoms with van der Waals surface area (Å²) in [4.78, 5) is 17.1. The normalized spacial score (nSPS) is 16.6. The summed E-state index contributed by atoms with van der Waals surface area (Å²) in [6.07, 6.45) is 4.60. The van der Waals surface area contributed by atoms with E-state index in [1.54, 1.807) is 6.07 Å². The monoisotopic (exact) mass is 342 g/mol. The molecule has 1 aliphatic rings. The third-order valence-electron chi connectivity index (χ3n) is 4.07. The fourth-order valence-electron chi connectivity index (χ4n) is 2.91. The molecule has 1 atom stereocenters. The van der Waals surface area contributed by atoms with Crippen molar-refractivity contribution in [2.24, 2.45) is 5.16 Å². The highest BCUT2D eigenvalue weighted by Crippen LogP contribution is 2.29. The zero-order valence-corrected chi connectivity index (χ0v) is 14.0. The van der Waals surface area contributed by atoms with Gasteiger partial charge in [0.05, 0.1) is 12.3 Å². The van der Waals surface area contributed by atoms with E-state index in [0.717, 1.165) is 24.8 Å². The van der Waals surface area contributed by atoms with Crippen molar-refractivity contribution in [1.29, 1.82) is 0 Å². The summed E-state index contributed by atoms with van der Waals surface area (Å²) in [6.45, 7) is -0.111. The van der Waals surface area contributed by atoms with E-state index >= 15 is 0 Å². The smallest absolute Gasteiger partial charge is 0.261 e. The SMILES string of the molecule is O=C(CON=Cc1ccccc1Cl)NC1CCCc2ccccc21. The Morgan fingerprint density at radius 1 is 1.25 bits per heavy atom. The average Bonchev–Trinajstić information content (AvgIpc) is 2.60. The van der Waals surface area contributed by atoms with Crippen LogP contribution >= 0.6 is 11.6 Å². The number of rotatable bonds is 5. The van der Waals surface area contributed by atoms with E-state index in [9.17, 15) is 4.79 Å². The third kappa shape index (κ3) is 4.15. The number of aryl methyl sites for hydroxylation is 1. The molecule has 4 nitrogen and oxygen atoms in total. The van der Waals surface area contributed by atoms with Gasteiger partial charge in [-0.15, -0.1) is 0 Å². The van der Waals surface area contributed by atoms with Crippen LogP contribution in [0.5, 0.6) is 0 Å². The van der Waals surface area contributed by atoms with Gasteiger partial charge in [-0.2, -0.15) is 0 Å². The van der Waals surface area contributed by atoms with Gasteiger partial charge in [0.2, 0.25) is 0 Å². The minimum absolute atomic E-state index is 0.0543. The second-order valence-corrected chi connectivity index (χ2v) is 6.15. The molecule has 5 heteroatoms. The highest BCUT2D eigenvalue weighted by atomic mass is 35.5. The summed E-state index contributed by atoms with van der Waals surface area (Å²) >= 11 is 6.02. The molecule has 2 aromatic rings. The van der Waals surface area contributed by atoms with Crippen LogP contribution in [0, 0.1) is 0 Å². The Balaban J connectivity index is 1.51. The fourth-order valence-corrected chi connectivity index (χ4v) is 3.09. The second-order valence-electron chi connectivity index (χ2n) is 5.74. The summed E-state index contributed by atoms with van der Waals surface area (Å²) < 4.78 is 0. The molecule has 1 amide bonds. The van der Waals surface area contributed by atoms with Crippen LogP contribution in [-0.4, -0.2) is 18.7 Å². The first-order valence-electron chi connectivity index (χ1n) is 8.01. The number of hydrogen-bond acceptors (Lipinski definition) is 3. The zero-order chi connectivity index (χ0) is 16.8. The molecule has 0 bridgehead atoms. The Hall–Kier alpha value is -2.33. The largest absolute Gasteiger partial charge is 0.386 e. The summed E-state index contributed by atoms with van der Waals surface area (Å²) in [5, 5.41) is 7.42.